The molecule has 2 aromatic heterocycles. The van der Waals surface area contributed by atoms with Gasteiger partial charge in [-0.3, -0.25) is 9.36 Å². The predicted octanol–water partition coefficient (Wildman–Crippen LogP) is 0.851. The second kappa shape index (κ2) is 8.88. The highest BCUT2D eigenvalue weighted by Gasteiger charge is 2.47. The number of amides is 1. The molecule has 0 bridgehead atoms. The number of hydrogen-bond donors (Lipinski definition) is 3. The SMILES string of the molecule is O=C(Nc1ncnc2c1ncn2[C@@H]1O[C@H](CO)[C@@H](O)[C@H]1O[C@H]1CCCO1)c1ccccc1. The summed E-state index contributed by atoms with van der Waals surface area (Å²) in [6.07, 6.45) is 0.425. The lowest BCUT2D eigenvalue weighted by atomic mass is 10.1. The third-order valence-electron chi connectivity index (χ3n) is 5.59. The Hall–Kier alpha value is -2.96. The molecular weight excluding hydrogens is 418 g/mol. The quantitative estimate of drug-likeness (QED) is 0.508. The van der Waals surface area contributed by atoms with Gasteiger partial charge in [-0.2, -0.15) is 0 Å². The second-order valence-electron chi connectivity index (χ2n) is 7.65. The zero-order chi connectivity index (χ0) is 22.1. The van der Waals surface area contributed by atoms with Crippen LogP contribution in [0.5, 0.6) is 0 Å². The molecule has 168 valence electrons. The van der Waals surface area contributed by atoms with E-state index in [0.29, 0.717) is 29.8 Å². The van der Waals surface area contributed by atoms with E-state index in [4.69, 9.17) is 14.2 Å². The Morgan fingerprint density at radius 2 is 2.09 bits per heavy atom. The lowest BCUT2D eigenvalue weighted by molar-refractivity contribution is -0.181. The molecule has 4 heterocycles. The number of benzene rings is 1. The van der Waals surface area contributed by atoms with Gasteiger partial charge in [0.2, 0.25) is 0 Å². The molecule has 32 heavy (non-hydrogen) atoms. The summed E-state index contributed by atoms with van der Waals surface area (Å²) < 4.78 is 19.0. The second-order valence-corrected chi connectivity index (χ2v) is 7.65. The van der Waals surface area contributed by atoms with Crippen LogP contribution < -0.4 is 5.32 Å². The third-order valence-corrected chi connectivity index (χ3v) is 5.59. The molecular formula is C21H23N5O6. The number of aromatic nitrogens is 4. The molecule has 2 aliphatic heterocycles. The summed E-state index contributed by atoms with van der Waals surface area (Å²) in [5, 5.41) is 23.0. The van der Waals surface area contributed by atoms with Crippen LogP contribution in [0.3, 0.4) is 0 Å². The maximum absolute atomic E-state index is 12.6. The fraction of sp³-hybridized carbons (Fsp3) is 0.429. The van der Waals surface area contributed by atoms with Crippen molar-refractivity contribution in [3.63, 3.8) is 0 Å². The molecule has 0 spiro atoms. The van der Waals surface area contributed by atoms with Crippen molar-refractivity contribution < 1.29 is 29.2 Å². The van der Waals surface area contributed by atoms with Crippen molar-refractivity contribution in [2.45, 2.75) is 43.7 Å². The van der Waals surface area contributed by atoms with Crippen molar-refractivity contribution in [2.24, 2.45) is 0 Å². The first-order chi connectivity index (χ1) is 15.7. The van der Waals surface area contributed by atoms with E-state index in [1.165, 1.54) is 12.7 Å². The number of fused-ring (bicyclic) bond motifs is 1. The minimum atomic E-state index is -1.06. The van der Waals surface area contributed by atoms with Crippen LogP contribution in [-0.2, 0) is 14.2 Å². The molecule has 11 heteroatoms. The number of carbonyl (C=O) groups is 1. The summed E-state index contributed by atoms with van der Waals surface area (Å²) in [4.78, 5) is 25.4. The molecule has 2 fully saturated rings. The number of anilines is 1. The Morgan fingerprint density at radius 3 is 2.84 bits per heavy atom. The van der Waals surface area contributed by atoms with Gasteiger partial charge < -0.3 is 29.7 Å². The third kappa shape index (κ3) is 3.85. The Labute approximate surface area is 183 Å². The number of nitrogens with zero attached hydrogens (tertiary/aromatic N) is 4. The van der Waals surface area contributed by atoms with Crippen LogP contribution >= 0.6 is 0 Å². The number of imidazole rings is 1. The number of hydrogen-bond acceptors (Lipinski definition) is 9. The minimum absolute atomic E-state index is 0.247. The molecule has 11 nitrogen and oxygen atoms in total. The van der Waals surface area contributed by atoms with E-state index in [0.717, 1.165) is 6.42 Å². The molecule has 3 aromatic rings. The van der Waals surface area contributed by atoms with Crippen LogP contribution in [0.25, 0.3) is 11.2 Å². The lowest BCUT2D eigenvalue weighted by Crippen LogP contribution is -2.38. The number of nitrogens with one attached hydrogen (secondary N) is 1. The van der Waals surface area contributed by atoms with Crippen molar-refractivity contribution in [2.75, 3.05) is 18.5 Å². The standard InChI is InChI=1S/C21H23N5O6/c27-9-13-16(28)17(32-14-7-4-8-30-14)21(31-13)26-11-24-15-18(22-10-23-19(15)26)25-20(29)12-5-2-1-3-6-12/h1-3,5-6,10-11,13-14,16-17,21,27-28H,4,7-9H2,(H,22,23,25,29)/t13-,14+,16-,17-,21-/m1/s1. The highest BCUT2D eigenvalue weighted by molar-refractivity contribution is 6.06. The fourth-order valence-electron chi connectivity index (χ4n) is 3.97. The van der Waals surface area contributed by atoms with Gasteiger partial charge in [-0.25, -0.2) is 15.0 Å². The molecule has 0 unspecified atom stereocenters. The number of ether oxygens (including phenoxy) is 3. The van der Waals surface area contributed by atoms with E-state index >= 15 is 0 Å². The van der Waals surface area contributed by atoms with Crippen molar-refractivity contribution >= 4 is 22.9 Å². The molecule has 1 aromatic carbocycles. The highest BCUT2D eigenvalue weighted by Crippen LogP contribution is 2.35. The summed E-state index contributed by atoms with van der Waals surface area (Å²) in [5.74, 6) is -0.0796. The van der Waals surface area contributed by atoms with Crippen molar-refractivity contribution in [1.29, 1.82) is 0 Å². The van der Waals surface area contributed by atoms with Gasteiger partial charge in [0.25, 0.3) is 5.91 Å². The summed E-state index contributed by atoms with van der Waals surface area (Å²) in [5.41, 5.74) is 1.23. The Balaban J connectivity index is 1.44. The molecule has 0 saturated carbocycles. The van der Waals surface area contributed by atoms with Gasteiger partial charge in [0.1, 0.15) is 24.6 Å². The van der Waals surface area contributed by atoms with Gasteiger partial charge >= 0.3 is 0 Å². The first-order valence-electron chi connectivity index (χ1n) is 10.4. The summed E-state index contributed by atoms with van der Waals surface area (Å²) in [6.45, 7) is 0.219. The van der Waals surface area contributed by atoms with Gasteiger partial charge in [-0.05, 0) is 18.6 Å². The molecule has 3 N–H and O–H groups in total. The van der Waals surface area contributed by atoms with Crippen LogP contribution in [0.4, 0.5) is 5.82 Å². The average molecular weight is 441 g/mol. The molecule has 2 saturated heterocycles. The summed E-state index contributed by atoms with van der Waals surface area (Å²) >= 11 is 0. The predicted molar refractivity (Wildman–Crippen MR) is 111 cm³/mol. The van der Waals surface area contributed by atoms with Crippen molar-refractivity contribution in [3.8, 4) is 0 Å². The number of carbonyl (C=O) groups excluding carboxylic acids is 1. The number of rotatable bonds is 6. The Kier molecular flexibility index (Phi) is 5.81. The maximum Gasteiger partial charge on any atom is 0.256 e. The molecule has 2 aliphatic rings. The van der Waals surface area contributed by atoms with Crippen LogP contribution in [-0.4, -0.2) is 73.5 Å². The summed E-state index contributed by atoms with van der Waals surface area (Å²) in [7, 11) is 0. The first-order valence-corrected chi connectivity index (χ1v) is 10.4. The average Bonchev–Trinajstić information content (AvgIpc) is 3.55. The number of aliphatic hydroxyl groups is 2. The fourth-order valence-corrected chi connectivity index (χ4v) is 3.97. The van der Waals surface area contributed by atoms with Crippen LogP contribution in [0.2, 0.25) is 0 Å². The van der Waals surface area contributed by atoms with E-state index in [1.807, 2.05) is 6.07 Å². The van der Waals surface area contributed by atoms with Crippen molar-refractivity contribution in [1.82, 2.24) is 19.5 Å². The first kappa shape index (κ1) is 20.9. The van der Waals surface area contributed by atoms with Gasteiger partial charge in [-0.1, -0.05) is 18.2 Å². The maximum atomic E-state index is 12.6. The van der Waals surface area contributed by atoms with Crippen LogP contribution in [0.1, 0.15) is 29.4 Å². The van der Waals surface area contributed by atoms with Gasteiger partial charge in [0.15, 0.2) is 29.5 Å². The molecule has 0 radical (unpaired) electrons. The monoisotopic (exact) mass is 441 g/mol. The van der Waals surface area contributed by atoms with Crippen LogP contribution in [0, 0.1) is 0 Å². The largest absolute Gasteiger partial charge is 0.394 e. The van der Waals surface area contributed by atoms with E-state index in [-0.39, 0.29) is 18.3 Å². The highest BCUT2D eigenvalue weighted by atomic mass is 16.7. The van der Waals surface area contributed by atoms with Gasteiger partial charge in [0, 0.05) is 18.6 Å². The van der Waals surface area contributed by atoms with Crippen molar-refractivity contribution in [3.05, 3.63) is 48.5 Å². The minimum Gasteiger partial charge on any atom is -0.394 e. The Bertz CT molecular complexity index is 1090. The van der Waals surface area contributed by atoms with Gasteiger partial charge in [-0.15, -0.1) is 0 Å². The molecule has 0 aliphatic carbocycles. The lowest BCUT2D eigenvalue weighted by Gasteiger charge is -2.24. The molecule has 5 atom stereocenters. The Morgan fingerprint density at radius 1 is 1.25 bits per heavy atom. The van der Waals surface area contributed by atoms with Crippen LogP contribution in [0.15, 0.2) is 43.0 Å². The topological polar surface area (TPSA) is 141 Å². The smallest absolute Gasteiger partial charge is 0.256 e. The normalized spacial score (nSPS) is 27.8. The van der Waals surface area contributed by atoms with E-state index in [9.17, 15) is 15.0 Å². The van der Waals surface area contributed by atoms with E-state index in [1.54, 1.807) is 28.8 Å². The van der Waals surface area contributed by atoms with E-state index in [2.05, 4.69) is 20.3 Å². The molecule has 1 amide bonds. The van der Waals surface area contributed by atoms with Gasteiger partial charge in [0.05, 0.1) is 12.9 Å². The molecule has 5 rings (SSSR count). The zero-order valence-electron chi connectivity index (χ0n) is 17.1. The number of aliphatic hydroxyl groups excluding tert-OH is 2. The summed E-state index contributed by atoms with van der Waals surface area (Å²) in [6, 6.07) is 8.76. The van der Waals surface area contributed by atoms with E-state index < -0.39 is 30.8 Å². The zero-order valence-corrected chi connectivity index (χ0v) is 17.1.